The molecule has 0 aliphatic rings. The lowest BCUT2D eigenvalue weighted by Crippen LogP contribution is -2.17. The van der Waals surface area contributed by atoms with Gasteiger partial charge < -0.3 is 4.90 Å². The molecule has 0 bridgehead atoms. The predicted molar refractivity (Wildman–Crippen MR) is 82.1 cm³/mol. The van der Waals surface area contributed by atoms with Crippen LogP contribution in [-0.2, 0) is 6.54 Å². The molecule has 96 valence electrons. The SMILES string of the molecule is Cc1ccc(N(C)Cc2cccc(Br)c2)c(C#N)c1. The molecule has 2 aromatic carbocycles. The van der Waals surface area contributed by atoms with Gasteiger partial charge in [0.25, 0.3) is 0 Å². The third kappa shape index (κ3) is 3.36. The maximum atomic E-state index is 9.22. The molecule has 0 aliphatic heterocycles. The van der Waals surface area contributed by atoms with Gasteiger partial charge in [0.15, 0.2) is 0 Å². The molecule has 0 fully saturated rings. The van der Waals surface area contributed by atoms with Crippen LogP contribution in [0.15, 0.2) is 46.9 Å². The molecule has 0 unspecified atom stereocenters. The van der Waals surface area contributed by atoms with E-state index in [9.17, 15) is 5.26 Å². The van der Waals surface area contributed by atoms with Crippen LogP contribution in [-0.4, -0.2) is 7.05 Å². The molecular formula is C16H15BrN2. The van der Waals surface area contributed by atoms with Crippen LogP contribution in [0.2, 0.25) is 0 Å². The Morgan fingerprint density at radius 2 is 2.00 bits per heavy atom. The predicted octanol–water partition coefficient (Wildman–Crippen LogP) is 4.27. The van der Waals surface area contributed by atoms with E-state index < -0.39 is 0 Å². The van der Waals surface area contributed by atoms with Crippen LogP contribution in [0.3, 0.4) is 0 Å². The first kappa shape index (κ1) is 13.6. The summed E-state index contributed by atoms with van der Waals surface area (Å²) in [4.78, 5) is 2.10. The molecule has 0 spiro atoms. The van der Waals surface area contributed by atoms with Crippen molar-refractivity contribution in [1.29, 1.82) is 5.26 Å². The van der Waals surface area contributed by atoms with Crippen molar-refractivity contribution in [2.45, 2.75) is 13.5 Å². The second-order valence-corrected chi connectivity index (χ2v) is 5.53. The normalized spacial score (nSPS) is 10.0. The summed E-state index contributed by atoms with van der Waals surface area (Å²) in [5.41, 5.74) is 4.00. The molecule has 0 atom stereocenters. The van der Waals surface area contributed by atoms with Gasteiger partial charge in [0.1, 0.15) is 6.07 Å². The van der Waals surface area contributed by atoms with Crippen LogP contribution >= 0.6 is 15.9 Å². The first-order chi connectivity index (χ1) is 9.10. The smallest absolute Gasteiger partial charge is 0.101 e. The summed E-state index contributed by atoms with van der Waals surface area (Å²) >= 11 is 3.48. The van der Waals surface area contributed by atoms with E-state index >= 15 is 0 Å². The van der Waals surface area contributed by atoms with Crippen molar-refractivity contribution < 1.29 is 0 Å². The number of nitrogens with zero attached hydrogens (tertiary/aromatic N) is 2. The van der Waals surface area contributed by atoms with Gasteiger partial charge >= 0.3 is 0 Å². The van der Waals surface area contributed by atoms with E-state index in [0.29, 0.717) is 0 Å². The van der Waals surface area contributed by atoms with E-state index in [4.69, 9.17) is 0 Å². The van der Waals surface area contributed by atoms with Crippen molar-refractivity contribution in [1.82, 2.24) is 0 Å². The molecule has 2 aromatic rings. The van der Waals surface area contributed by atoms with Gasteiger partial charge in [-0.05, 0) is 42.3 Å². The van der Waals surface area contributed by atoms with Gasteiger partial charge in [0.05, 0.1) is 11.3 Å². The summed E-state index contributed by atoms with van der Waals surface area (Å²) in [7, 11) is 2.01. The minimum Gasteiger partial charge on any atom is -0.369 e. The van der Waals surface area contributed by atoms with Gasteiger partial charge in [-0.2, -0.15) is 5.26 Å². The highest BCUT2D eigenvalue weighted by atomic mass is 79.9. The van der Waals surface area contributed by atoms with Crippen molar-refractivity contribution in [3.8, 4) is 6.07 Å². The quantitative estimate of drug-likeness (QED) is 0.846. The Labute approximate surface area is 122 Å². The maximum absolute atomic E-state index is 9.22. The minimum absolute atomic E-state index is 0.720. The highest BCUT2D eigenvalue weighted by Gasteiger charge is 2.08. The Kier molecular flexibility index (Phi) is 4.24. The lowest BCUT2D eigenvalue weighted by atomic mass is 10.1. The van der Waals surface area contributed by atoms with Crippen LogP contribution in [0, 0.1) is 18.3 Å². The summed E-state index contributed by atoms with van der Waals surface area (Å²) in [6.07, 6.45) is 0. The Morgan fingerprint density at radius 3 is 2.68 bits per heavy atom. The topological polar surface area (TPSA) is 27.0 Å². The number of hydrogen-bond donors (Lipinski definition) is 0. The van der Waals surface area contributed by atoms with Gasteiger partial charge in [0, 0.05) is 18.1 Å². The van der Waals surface area contributed by atoms with Crippen LogP contribution in [0.4, 0.5) is 5.69 Å². The Morgan fingerprint density at radius 1 is 1.21 bits per heavy atom. The molecule has 0 saturated carbocycles. The second kappa shape index (κ2) is 5.90. The molecule has 0 radical (unpaired) electrons. The largest absolute Gasteiger partial charge is 0.369 e. The average molecular weight is 315 g/mol. The molecule has 3 heteroatoms. The van der Waals surface area contributed by atoms with E-state index in [1.165, 1.54) is 5.56 Å². The number of benzene rings is 2. The maximum Gasteiger partial charge on any atom is 0.101 e. The molecule has 2 rings (SSSR count). The zero-order chi connectivity index (χ0) is 13.8. The zero-order valence-corrected chi connectivity index (χ0v) is 12.6. The fourth-order valence-electron chi connectivity index (χ4n) is 2.07. The number of hydrogen-bond acceptors (Lipinski definition) is 2. The molecular weight excluding hydrogens is 300 g/mol. The second-order valence-electron chi connectivity index (χ2n) is 4.62. The standard InChI is InChI=1S/C16H15BrN2/c1-12-6-7-16(14(8-12)10-18)19(2)11-13-4-3-5-15(17)9-13/h3-9H,11H2,1-2H3. The van der Waals surface area contributed by atoms with E-state index in [0.717, 1.165) is 27.8 Å². The molecule has 0 saturated heterocycles. The molecule has 0 N–H and O–H groups in total. The van der Waals surface area contributed by atoms with Crippen molar-refractivity contribution in [3.63, 3.8) is 0 Å². The zero-order valence-electron chi connectivity index (χ0n) is 11.0. The molecule has 0 heterocycles. The Hall–Kier alpha value is -1.79. The molecule has 0 aliphatic carbocycles. The summed E-state index contributed by atoms with van der Waals surface area (Å²) in [5, 5.41) is 9.22. The number of anilines is 1. The monoisotopic (exact) mass is 314 g/mol. The highest BCUT2D eigenvalue weighted by molar-refractivity contribution is 9.10. The molecule has 0 aromatic heterocycles. The van der Waals surface area contributed by atoms with Crippen LogP contribution in [0.25, 0.3) is 0 Å². The molecule has 19 heavy (non-hydrogen) atoms. The number of rotatable bonds is 3. The summed E-state index contributed by atoms with van der Waals surface area (Å²) in [6, 6.07) is 16.4. The first-order valence-corrected chi connectivity index (χ1v) is 6.86. The fourth-order valence-corrected chi connectivity index (χ4v) is 2.51. The Bertz CT molecular complexity index is 629. The fraction of sp³-hybridized carbons (Fsp3) is 0.188. The summed E-state index contributed by atoms with van der Waals surface area (Å²) in [5.74, 6) is 0. The first-order valence-electron chi connectivity index (χ1n) is 6.06. The van der Waals surface area contributed by atoms with E-state index in [2.05, 4.69) is 39.0 Å². The number of aryl methyl sites for hydroxylation is 1. The Balaban J connectivity index is 2.25. The lowest BCUT2D eigenvalue weighted by Gasteiger charge is -2.21. The van der Waals surface area contributed by atoms with Crippen LogP contribution in [0.5, 0.6) is 0 Å². The molecule has 2 nitrogen and oxygen atoms in total. The van der Waals surface area contributed by atoms with Gasteiger partial charge in [-0.15, -0.1) is 0 Å². The van der Waals surface area contributed by atoms with E-state index in [1.807, 2.05) is 44.3 Å². The van der Waals surface area contributed by atoms with E-state index in [1.54, 1.807) is 0 Å². The van der Waals surface area contributed by atoms with Crippen LogP contribution in [0.1, 0.15) is 16.7 Å². The van der Waals surface area contributed by atoms with Gasteiger partial charge in [-0.1, -0.05) is 34.1 Å². The van der Waals surface area contributed by atoms with Crippen molar-refractivity contribution in [2.75, 3.05) is 11.9 Å². The van der Waals surface area contributed by atoms with Crippen molar-refractivity contribution in [2.24, 2.45) is 0 Å². The van der Waals surface area contributed by atoms with Crippen molar-refractivity contribution >= 4 is 21.6 Å². The summed E-state index contributed by atoms with van der Waals surface area (Å²) in [6.45, 7) is 2.77. The lowest BCUT2D eigenvalue weighted by molar-refractivity contribution is 0.919. The summed E-state index contributed by atoms with van der Waals surface area (Å²) < 4.78 is 1.07. The van der Waals surface area contributed by atoms with E-state index in [-0.39, 0.29) is 0 Å². The van der Waals surface area contributed by atoms with Gasteiger partial charge in [-0.3, -0.25) is 0 Å². The number of halogens is 1. The van der Waals surface area contributed by atoms with Gasteiger partial charge in [-0.25, -0.2) is 0 Å². The van der Waals surface area contributed by atoms with Gasteiger partial charge in [0.2, 0.25) is 0 Å². The van der Waals surface area contributed by atoms with Crippen molar-refractivity contribution in [3.05, 3.63) is 63.6 Å². The third-order valence-electron chi connectivity index (χ3n) is 2.99. The minimum atomic E-state index is 0.720. The molecule has 0 amide bonds. The van der Waals surface area contributed by atoms with Crippen LogP contribution < -0.4 is 4.90 Å². The third-order valence-corrected chi connectivity index (χ3v) is 3.49. The highest BCUT2D eigenvalue weighted by Crippen LogP contribution is 2.22. The average Bonchev–Trinajstić information content (AvgIpc) is 2.38. The number of nitriles is 1.